The molecule has 0 saturated carbocycles. The van der Waals surface area contributed by atoms with Crippen molar-refractivity contribution in [2.24, 2.45) is 0 Å². The predicted octanol–water partition coefficient (Wildman–Crippen LogP) is 1.54. The van der Waals surface area contributed by atoms with Gasteiger partial charge in [-0.1, -0.05) is 0 Å². The van der Waals surface area contributed by atoms with Crippen LogP contribution in [-0.4, -0.2) is 24.5 Å². The summed E-state index contributed by atoms with van der Waals surface area (Å²) in [7, 11) is 0. The summed E-state index contributed by atoms with van der Waals surface area (Å²) < 4.78 is 12.8. The first-order chi connectivity index (χ1) is 7.48. The molecule has 0 atom stereocenters. The van der Waals surface area contributed by atoms with Gasteiger partial charge in [0.2, 0.25) is 5.91 Å². The molecule has 1 aromatic rings. The second-order valence-electron chi connectivity index (χ2n) is 4.69. The van der Waals surface area contributed by atoms with Crippen LogP contribution in [0.25, 0.3) is 0 Å². The summed E-state index contributed by atoms with van der Waals surface area (Å²) >= 11 is 0. The van der Waals surface area contributed by atoms with Gasteiger partial charge in [0.25, 0.3) is 0 Å². The highest BCUT2D eigenvalue weighted by atomic mass is 19.1. The van der Waals surface area contributed by atoms with Gasteiger partial charge in [-0.05, 0) is 38.1 Å². The van der Waals surface area contributed by atoms with Crippen LogP contribution in [0.15, 0.2) is 24.3 Å². The molecule has 0 radical (unpaired) electrons. The third-order valence-corrected chi connectivity index (χ3v) is 2.71. The van der Waals surface area contributed by atoms with Gasteiger partial charge in [-0.15, -0.1) is 0 Å². The topological polar surface area (TPSA) is 32.3 Å². The smallest absolute Gasteiger partial charge is 0.241 e. The van der Waals surface area contributed by atoms with Gasteiger partial charge >= 0.3 is 0 Å². The van der Waals surface area contributed by atoms with Gasteiger partial charge < -0.3 is 10.2 Å². The largest absolute Gasteiger partial charge is 0.309 e. The summed E-state index contributed by atoms with van der Waals surface area (Å²) in [6, 6.07) is 6.01. The van der Waals surface area contributed by atoms with E-state index in [4.69, 9.17) is 0 Å². The number of carbonyl (C=O) groups is 1. The van der Waals surface area contributed by atoms with Gasteiger partial charge in [0.1, 0.15) is 5.82 Å². The lowest BCUT2D eigenvalue weighted by Gasteiger charge is -2.38. The van der Waals surface area contributed by atoms with Crippen molar-refractivity contribution >= 4 is 11.6 Å². The van der Waals surface area contributed by atoms with Crippen molar-refractivity contribution in [1.82, 2.24) is 5.32 Å². The molecule has 0 spiro atoms. The highest BCUT2D eigenvalue weighted by Crippen LogP contribution is 2.20. The van der Waals surface area contributed by atoms with Crippen LogP contribution >= 0.6 is 0 Å². The summed E-state index contributed by atoms with van der Waals surface area (Å²) in [4.78, 5) is 13.4. The third kappa shape index (κ3) is 2.22. The number of hydrogen-bond acceptors (Lipinski definition) is 2. The first-order valence-corrected chi connectivity index (χ1v) is 5.29. The molecule has 1 fully saturated rings. The maximum atomic E-state index is 12.8. The van der Waals surface area contributed by atoms with E-state index >= 15 is 0 Å². The molecule has 1 aromatic carbocycles. The highest BCUT2D eigenvalue weighted by molar-refractivity contribution is 5.95. The van der Waals surface area contributed by atoms with E-state index in [9.17, 15) is 9.18 Å². The van der Waals surface area contributed by atoms with Crippen molar-refractivity contribution < 1.29 is 9.18 Å². The SMILES string of the molecule is CC1(C)CN(c2ccc(F)cc2)C(=O)CN1. The molecule has 1 aliphatic rings. The first-order valence-electron chi connectivity index (χ1n) is 5.29. The van der Waals surface area contributed by atoms with E-state index in [1.54, 1.807) is 17.0 Å². The molecule has 16 heavy (non-hydrogen) atoms. The number of carbonyl (C=O) groups excluding carboxylic acids is 1. The van der Waals surface area contributed by atoms with Crippen LogP contribution in [0.5, 0.6) is 0 Å². The molecule has 0 unspecified atom stereocenters. The molecule has 1 N–H and O–H groups in total. The summed E-state index contributed by atoms with van der Waals surface area (Å²) in [5.41, 5.74) is 0.642. The molecule has 2 rings (SSSR count). The third-order valence-electron chi connectivity index (χ3n) is 2.71. The number of rotatable bonds is 1. The van der Waals surface area contributed by atoms with Gasteiger partial charge in [0.05, 0.1) is 6.54 Å². The average Bonchev–Trinajstić information content (AvgIpc) is 2.23. The van der Waals surface area contributed by atoms with Crippen LogP contribution in [-0.2, 0) is 4.79 Å². The fourth-order valence-corrected chi connectivity index (χ4v) is 1.81. The van der Waals surface area contributed by atoms with E-state index in [1.807, 2.05) is 13.8 Å². The second-order valence-corrected chi connectivity index (χ2v) is 4.69. The van der Waals surface area contributed by atoms with E-state index in [-0.39, 0.29) is 17.3 Å². The fraction of sp³-hybridized carbons (Fsp3) is 0.417. The Labute approximate surface area is 94.3 Å². The zero-order valence-corrected chi connectivity index (χ0v) is 9.46. The van der Waals surface area contributed by atoms with E-state index in [2.05, 4.69) is 5.32 Å². The maximum absolute atomic E-state index is 12.8. The van der Waals surface area contributed by atoms with Gasteiger partial charge in [-0.25, -0.2) is 4.39 Å². The Morgan fingerprint density at radius 3 is 2.56 bits per heavy atom. The monoisotopic (exact) mass is 222 g/mol. The van der Waals surface area contributed by atoms with Crippen LogP contribution in [0.2, 0.25) is 0 Å². The van der Waals surface area contributed by atoms with Crippen LogP contribution in [0.1, 0.15) is 13.8 Å². The van der Waals surface area contributed by atoms with E-state index < -0.39 is 0 Å². The summed E-state index contributed by atoms with van der Waals surface area (Å²) in [6.07, 6.45) is 0. The minimum atomic E-state index is -0.286. The van der Waals surface area contributed by atoms with Crippen molar-refractivity contribution in [3.05, 3.63) is 30.1 Å². The van der Waals surface area contributed by atoms with Crippen LogP contribution in [0.3, 0.4) is 0 Å². The Kier molecular flexibility index (Phi) is 2.68. The zero-order valence-electron chi connectivity index (χ0n) is 9.46. The zero-order chi connectivity index (χ0) is 11.8. The minimum Gasteiger partial charge on any atom is -0.309 e. The van der Waals surface area contributed by atoms with Crippen molar-refractivity contribution in [2.45, 2.75) is 19.4 Å². The van der Waals surface area contributed by atoms with Gasteiger partial charge in [0, 0.05) is 17.8 Å². The number of benzene rings is 1. The quantitative estimate of drug-likeness (QED) is 0.781. The molecular formula is C12H15FN2O. The molecule has 0 bridgehead atoms. The Hall–Kier alpha value is -1.42. The molecule has 86 valence electrons. The van der Waals surface area contributed by atoms with Gasteiger partial charge in [0.15, 0.2) is 0 Å². The Balaban J connectivity index is 2.25. The number of anilines is 1. The molecule has 3 nitrogen and oxygen atoms in total. The van der Waals surface area contributed by atoms with Gasteiger partial charge in [-0.3, -0.25) is 4.79 Å². The normalized spacial score (nSPS) is 19.9. The lowest BCUT2D eigenvalue weighted by atomic mass is 10.0. The Morgan fingerprint density at radius 2 is 1.94 bits per heavy atom. The van der Waals surface area contributed by atoms with Crippen LogP contribution in [0, 0.1) is 5.82 Å². The predicted molar refractivity (Wildman–Crippen MR) is 60.8 cm³/mol. The molecule has 0 aliphatic carbocycles. The van der Waals surface area contributed by atoms with Crippen molar-refractivity contribution in [3.63, 3.8) is 0 Å². The lowest BCUT2D eigenvalue weighted by molar-refractivity contribution is -0.119. The van der Waals surface area contributed by atoms with Crippen molar-refractivity contribution in [3.8, 4) is 0 Å². The summed E-state index contributed by atoms with van der Waals surface area (Å²) in [5, 5.41) is 3.15. The summed E-state index contributed by atoms with van der Waals surface area (Å²) in [5.74, 6) is -0.267. The minimum absolute atomic E-state index is 0.0194. The van der Waals surface area contributed by atoms with Crippen LogP contribution < -0.4 is 10.2 Å². The maximum Gasteiger partial charge on any atom is 0.241 e. The number of hydrogen-bond donors (Lipinski definition) is 1. The number of nitrogens with one attached hydrogen (secondary N) is 1. The molecule has 1 amide bonds. The number of nitrogens with zero attached hydrogens (tertiary/aromatic N) is 1. The number of amides is 1. The van der Waals surface area contributed by atoms with E-state index in [1.165, 1.54) is 12.1 Å². The van der Waals surface area contributed by atoms with Gasteiger partial charge in [-0.2, -0.15) is 0 Å². The number of piperazine rings is 1. The van der Waals surface area contributed by atoms with Crippen molar-refractivity contribution in [2.75, 3.05) is 18.0 Å². The lowest BCUT2D eigenvalue weighted by Crippen LogP contribution is -2.59. The standard InChI is InChI=1S/C12H15FN2O/c1-12(2)8-15(11(16)7-14-12)10-5-3-9(13)4-6-10/h3-6,14H,7-8H2,1-2H3. The first kappa shape index (κ1) is 11.1. The molecule has 1 aliphatic heterocycles. The summed E-state index contributed by atoms with van der Waals surface area (Å²) in [6.45, 7) is 4.99. The second kappa shape index (κ2) is 3.87. The molecule has 4 heteroatoms. The number of halogens is 1. The Bertz CT molecular complexity index is 400. The highest BCUT2D eigenvalue weighted by Gasteiger charge is 2.31. The van der Waals surface area contributed by atoms with Crippen molar-refractivity contribution in [1.29, 1.82) is 0 Å². The van der Waals surface area contributed by atoms with Crippen LogP contribution in [0.4, 0.5) is 10.1 Å². The van der Waals surface area contributed by atoms with E-state index in [0.29, 0.717) is 13.1 Å². The Morgan fingerprint density at radius 1 is 1.31 bits per heavy atom. The molecular weight excluding hydrogens is 207 g/mol. The fourth-order valence-electron chi connectivity index (χ4n) is 1.81. The molecule has 0 aromatic heterocycles. The molecule has 1 heterocycles. The van der Waals surface area contributed by atoms with E-state index in [0.717, 1.165) is 5.69 Å². The molecule has 1 saturated heterocycles. The average molecular weight is 222 g/mol.